The largest absolute Gasteiger partial charge is 0.361 e. The van der Waals surface area contributed by atoms with Crippen LogP contribution in [-0.4, -0.2) is 17.2 Å². The number of hydrogen-bond donors (Lipinski definition) is 1. The van der Waals surface area contributed by atoms with Gasteiger partial charge in [0.25, 0.3) is 0 Å². The van der Waals surface area contributed by atoms with Crippen LogP contribution in [0.3, 0.4) is 0 Å². The van der Waals surface area contributed by atoms with Gasteiger partial charge in [-0.15, -0.1) is 11.3 Å². The van der Waals surface area contributed by atoms with Crippen molar-refractivity contribution in [2.24, 2.45) is 0 Å². The fourth-order valence-corrected chi connectivity index (χ4v) is 2.30. The Labute approximate surface area is 92.3 Å². The summed E-state index contributed by atoms with van der Waals surface area (Å²) in [5, 5.41) is 10.1. The van der Waals surface area contributed by atoms with Crippen LogP contribution in [0.1, 0.15) is 16.5 Å². The molecule has 4 nitrogen and oxygen atoms in total. The van der Waals surface area contributed by atoms with Gasteiger partial charge in [0, 0.05) is 11.9 Å². The second kappa shape index (κ2) is 4.12. The zero-order valence-corrected chi connectivity index (χ0v) is 9.81. The maximum absolute atomic E-state index is 5.12. The molecule has 0 amide bonds. The van der Waals surface area contributed by atoms with Gasteiger partial charge in [0.05, 0.1) is 17.0 Å². The first-order valence-corrected chi connectivity index (χ1v) is 5.62. The number of aryl methyl sites for hydroxylation is 2. The van der Waals surface area contributed by atoms with Crippen molar-refractivity contribution in [2.75, 3.05) is 7.05 Å². The van der Waals surface area contributed by atoms with Crippen LogP contribution in [-0.2, 0) is 6.54 Å². The predicted molar refractivity (Wildman–Crippen MR) is 59.8 cm³/mol. The molecule has 5 heteroatoms. The van der Waals surface area contributed by atoms with Crippen molar-refractivity contribution >= 4 is 11.3 Å². The first-order valence-electron chi connectivity index (χ1n) is 4.74. The lowest BCUT2D eigenvalue weighted by atomic mass is 10.1. The molecule has 0 aliphatic carbocycles. The van der Waals surface area contributed by atoms with Crippen LogP contribution >= 0.6 is 11.3 Å². The van der Waals surface area contributed by atoms with Gasteiger partial charge in [-0.3, -0.25) is 0 Å². The van der Waals surface area contributed by atoms with Crippen LogP contribution in [0.15, 0.2) is 9.90 Å². The highest BCUT2D eigenvalue weighted by Crippen LogP contribution is 2.27. The molecule has 80 valence electrons. The Morgan fingerprint density at radius 1 is 1.47 bits per heavy atom. The molecule has 0 saturated carbocycles. The van der Waals surface area contributed by atoms with Crippen LogP contribution < -0.4 is 5.32 Å². The molecule has 0 fully saturated rings. The van der Waals surface area contributed by atoms with E-state index in [4.69, 9.17) is 4.52 Å². The van der Waals surface area contributed by atoms with E-state index >= 15 is 0 Å². The molecule has 0 aromatic carbocycles. The first-order chi connectivity index (χ1) is 7.22. The fourth-order valence-electron chi connectivity index (χ4n) is 1.51. The third kappa shape index (κ3) is 1.93. The average molecular weight is 223 g/mol. The van der Waals surface area contributed by atoms with E-state index in [1.165, 1.54) is 0 Å². The topological polar surface area (TPSA) is 51.0 Å². The molecule has 15 heavy (non-hydrogen) atoms. The highest BCUT2D eigenvalue weighted by Gasteiger charge is 2.14. The second-order valence-corrected chi connectivity index (χ2v) is 4.30. The fraction of sp³-hybridized carbons (Fsp3) is 0.400. The molecule has 0 radical (unpaired) electrons. The molecule has 2 aromatic heterocycles. The second-order valence-electron chi connectivity index (χ2n) is 3.36. The average Bonchev–Trinajstić information content (AvgIpc) is 2.75. The number of aromatic nitrogens is 2. The molecule has 0 aliphatic rings. The van der Waals surface area contributed by atoms with E-state index in [1.807, 2.05) is 26.3 Å². The zero-order valence-electron chi connectivity index (χ0n) is 9.00. The summed E-state index contributed by atoms with van der Waals surface area (Å²) in [7, 11) is 1.91. The van der Waals surface area contributed by atoms with E-state index in [0.29, 0.717) is 0 Å². The lowest BCUT2D eigenvalue weighted by Gasteiger charge is -1.93. The molecule has 0 saturated heterocycles. The van der Waals surface area contributed by atoms with Crippen LogP contribution in [0.25, 0.3) is 11.3 Å². The van der Waals surface area contributed by atoms with Gasteiger partial charge in [0.2, 0.25) is 0 Å². The monoisotopic (exact) mass is 223 g/mol. The lowest BCUT2D eigenvalue weighted by Crippen LogP contribution is -2.04. The summed E-state index contributed by atoms with van der Waals surface area (Å²) in [5.41, 5.74) is 2.88. The van der Waals surface area contributed by atoms with Crippen molar-refractivity contribution in [1.29, 1.82) is 0 Å². The molecule has 0 aliphatic heterocycles. The van der Waals surface area contributed by atoms with Gasteiger partial charge in [-0.05, 0) is 20.9 Å². The van der Waals surface area contributed by atoms with Crippen molar-refractivity contribution in [3.8, 4) is 11.3 Å². The van der Waals surface area contributed by atoms with Gasteiger partial charge < -0.3 is 9.84 Å². The number of thiazole rings is 1. The normalized spacial score (nSPS) is 10.9. The smallest absolute Gasteiger partial charge is 0.143 e. The van der Waals surface area contributed by atoms with E-state index < -0.39 is 0 Å². The molecular formula is C10H13N3OS. The summed E-state index contributed by atoms with van der Waals surface area (Å²) < 4.78 is 5.12. The van der Waals surface area contributed by atoms with E-state index in [0.717, 1.165) is 34.3 Å². The minimum absolute atomic E-state index is 0.800. The van der Waals surface area contributed by atoms with E-state index in [1.54, 1.807) is 11.3 Å². The van der Waals surface area contributed by atoms with Crippen LogP contribution in [0.2, 0.25) is 0 Å². The first kappa shape index (κ1) is 10.3. The summed E-state index contributed by atoms with van der Waals surface area (Å²) in [4.78, 5) is 4.52. The Bertz CT molecular complexity index is 441. The zero-order chi connectivity index (χ0) is 10.8. The third-order valence-corrected chi connectivity index (χ3v) is 3.02. The molecule has 2 rings (SSSR count). The maximum atomic E-state index is 5.12. The van der Waals surface area contributed by atoms with Crippen molar-refractivity contribution in [1.82, 2.24) is 15.5 Å². The highest BCUT2D eigenvalue weighted by molar-refractivity contribution is 7.09. The Morgan fingerprint density at radius 3 is 2.87 bits per heavy atom. The van der Waals surface area contributed by atoms with Crippen LogP contribution in [0, 0.1) is 13.8 Å². The van der Waals surface area contributed by atoms with Gasteiger partial charge in [-0.1, -0.05) is 5.16 Å². The van der Waals surface area contributed by atoms with Crippen molar-refractivity contribution in [3.63, 3.8) is 0 Å². The van der Waals surface area contributed by atoms with Crippen LogP contribution in [0.4, 0.5) is 0 Å². The van der Waals surface area contributed by atoms with Gasteiger partial charge in [0.15, 0.2) is 0 Å². The lowest BCUT2D eigenvalue weighted by molar-refractivity contribution is 0.393. The van der Waals surface area contributed by atoms with Crippen molar-refractivity contribution in [2.45, 2.75) is 20.4 Å². The molecule has 0 spiro atoms. The summed E-state index contributed by atoms with van der Waals surface area (Å²) in [5.74, 6) is 0.828. The number of nitrogens with one attached hydrogen (secondary N) is 1. The third-order valence-electron chi connectivity index (χ3n) is 2.17. The number of hydrogen-bond acceptors (Lipinski definition) is 5. The SMILES string of the molecule is CNCc1nc(-c2c(C)noc2C)cs1. The molecular weight excluding hydrogens is 210 g/mol. The van der Waals surface area contributed by atoms with Gasteiger partial charge in [-0.25, -0.2) is 4.98 Å². The summed E-state index contributed by atoms with van der Waals surface area (Å²) in [6.07, 6.45) is 0. The predicted octanol–water partition coefficient (Wildman–Crippen LogP) is 2.13. The molecule has 0 atom stereocenters. The van der Waals surface area contributed by atoms with E-state index in [-0.39, 0.29) is 0 Å². The van der Waals surface area contributed by atoms with Gasteiger partial charge in [-0.2, -0.15) is 0 Å². The van der Waals surface area contributed by atoms with Crippen molar-refractivity contribution < 1.29 is 4.52 Å². The standard InChI is InChI=1S/C10H13N3OS/c1-6-10(7(2)14-13-6)8-5-15-9(12-8)4-11-3/h5,11H,4H2,1-3H3. The van der Waals surface area contributed by atoms with E-state index in [2.05, 4.69) is 15.5 Å². The van der Waals surface area contributed by atoms with Gasteiger partial charge in [0.1, 0.15) is 10.8 Å². The minimum Gasteiger partial charge on any atom is -0.361 e. The minimum atomic E-state index is 0.800. The Kier molecular flexibility index (Phi) is 2.83. The van der Waals surface area contributed by atoms with Gasteiger partial charge >= 0.3 is 0 Å². The summed E-state index contributed by atoms with van der Waals surface area (Å²) >= 11 is 1.65. The molecule has 2 heterocycles. The molecule has 1 N–H and O–H groups in total. The number of nitrogens with zero attached hydrogens (tertiary/aromatic N) is 2. The summed E-state index contributed by atoms with van der Waals surface area (Å²) in [6, 6.07) is 0. The Hall–Kier alpha value is -1.20. The Balaban J connectivity index is 2.37. The Morgan fingerprint density at radius 2 is 2.27 bits per heavy atom. The van der Waals surface area contributed by atoms with Crippen LogP contribution in [0.5, 0.6) is 0 Å². The summed E-state index contributed by atoms with van der Waals surface area (Å²) in [6.45, 7) is 4.64. The molecule has 0 bridgehead atoms. The highest BCUT2D eigenvalue weighted by atomic mass is 32.1. The quantitative estimate of drug-likeness (QED) is 0.866. The molecule has 2 aromatic rings. The molecule has 0 unspecified atom stereocenters. The number of rotatable bonds is 3. The van der Waals surface area contributed by atoms with E-state index in [9.17, 15) is 0 Å². The van der Waals surface area contributed by atoms with Crippen molar-refractivity contribution in [3.05, 3.63) is 21.8 Å². The maximum Gasteiger partial charge on any atom is 0.143 e.